The monoisotopic (exact) mass is 239 g/mol. The van der Waals surface area contributed by atoms with Crippen LogP contribution in [0.25, 0.3) is 0 Å². The first kappa shape index (κ1) is 10.1. The van der Waals surface area contributed by atoms with E-state index in [4.69, 9.17) is 5.41 Å². The lowest BCUT2D eigenvalue weighted by molar-refractivity contribution is -0.111. The molecule has 68 valence electrons. The van der Waals surface area contributed by atoms with E-state index < -0.39 is 0 Å². The zero-order valence-corrected chi connectivity index (χ0v) is 8.89. The molecule has 0 aliphatic carbocycles. The molecule has 0 saturated carbocycles. The number of carbonyl (C=O) groups excluding carboxylic acids is 1. The number of rotatable bonds is 3. The number of hydrogen-bond donors (Lipinski definition) is 1. The molecule has 0 aliphatic heterocycles. The van der Waals surface area contributed by atoms with Crippen LogP contribution in [-0.4, -0.2) is 11.5 Å². The van der Waals surface area contributed by atoms with E-state index in [0.717, 1.165) is 10.0 Å². The van der Waals surface area contributed by atoms with E-state index in [9.17, 15) is 4.79 Å². The van der Waals surface area contributed by atoms with Gasteiger partial charge >= 0.3 is 0 Å². The second kappa shape index (κ2) is 4.33. The molecule has 1 rings (SSSR count). The van der Waals surface area contributed by atoms with Gasteiger partial charge in [-0.25, -0.2) is 0 Å². The molecule has 13 heavy (non-hydrogen) atoms. The molecule has 0 unspecified atom stereocenters. The molecule has 0 amide bonds. The Balaban J connectivity index is 2.70. The molecule has 0 aliphatic rings. The van der Waals surface area contributed by atoms with Gasteiger partial charge in [-0.2, -0.15) is 0 Å². The molecule has 1 aromatic rings. The lowest BCUT2D eigenvalue weighted by Gasteiger charge is -2.00. The normalized spacial score (nSPS) is 9.69. The zero-order valence-electron chi connectivity index (χ0n) is 7.30. The van der Waals surface area contributed by atoms with Gasteiger partial charge in [0.2, 0.25) is 0 Å². The van der Waals surface area contributed by atoms with E-state index in [2.05, 4.69) is 15.9 Å². The Kier molecular flexibility index (Phi) is 3.37. The highest BCUT2D eigenvalue weighted by Gasteiger charge is 2.03. The van der Waals surface area contributed by atoms with Crippen LogP contribution in [0.3, 0.4) is 0 Å². The zero-order chi connectivity index (χ0) is 9.84. The first-order valence-electron chi connectivity index (χ1n) is 3.92. The minimum absolute atomic E-state index is 0.155. The molecule has 0 saturated heterocycles. The summed E-state index contributed by atoms with van der Waals surface area (Å²) in [6.45, 7) is 1.42. The Morgan fingerprint density at radius 2 is 1.92 bits per heavy atom. The molecule has 0 radical (unpaired) electrons. The third-order valence-electron chi connectivity index (χ3n) is 1.72. The van der Waals surface area contributed by atoms with E-state index in [0.29, 0.717) is 6.42 Å². The Hall–Kier alpha value is -0.960. The van der Waals surface area contributed by atoms with Crippen molar-refractivity contribution in [3.63, 3.8) is 0 Å². The Morgan fingerprint density at radius 3 is 2.38 bits per heavy atom. The quantitative estimate of drug-likeness (QED) is 0.810. The second-order valence-electron chi connectivity index (χ2n) is 2.84. The molecular formula is C10H10BrNO. The van der Waals surface area contributed by atoms with Crippen molar-refractivity contribution in [3.05, 3.63) is 34.3 Å². The summed E-state index contributed by atoms with van der Waals surface area (Å²) in [6.07, 6.45) is 0.419. The van der Waals surface area contributed by atoms with Gasteiger partial charge in [-0.1, -0.05) is 28.1 Å². The predicted molar refractivity (Wildman–Crippen MR) is 56.3 cm³/mol. The minimum atomic E-state index is -0.164. The Bertz CT molecular complexity index is 329. The molecule has 0 atom stereocenters. The number of benzene rings is 1. The maximum absolute atomic E-state index is 10.8. The van der Waals surface area contributed by atoms with Crippen molar-refractivity contribution in [1.82, 2.24) is 0 Å². The fraction of sp³-hybridized carbons (Fsp3) is 0.200. The average Bonchev–Trinajstić information content (AvgIpc) is 2.08. The first-order chi connectivity index (χ1) is 6.09. The lowest BCUT2D eigenvalue weighted by atomic mass is 10.1. The number of carbonyl (C=O) groups is 1. The molecular weight excluding hydrogens is 230 g/mol. The molecule has 0 spiro atoms. The van der Waals surface area contributed by atoms with Gasteiger partial charge in [0.25, 0.3) is 0 Å². The van der Waals surface area contributed by atoms with E-state index in [1.165, 1.54) is 6.92 Å². The summed E-state index contributed by atoms with van der Waals surface area (Å²) in [5.74, 6) is -0.164. The predicted octanol–water partition coefficient (Wildman–Crippen LogP) is 2.60. The first-order valence-corrected chi connectivity index (χ1v) is 4.71. The summed E-state index contributed by atoms with van der Waals surface area (Å²) in [5, 5.41) is 7.37. The second-order valence-corrected chi connectivity index (χ2v) is 3.75. The van der Waals surface area contributed by atoms with Crippen LogP contribution >= 0.6 is 15.9 Å². The fourth-order valence-electron chi connectivity index (χ4n) is 0.931. The Morgan fingerprint density at radius 1 is 1.38 bits per heavy atom. The van der Waals surface area contributed by atoms with E-state index >= 15 is 0 Å². The van der Waals surface area contributed by atoms with Crippen molar-refractivity contribution in [1.29, 1.82) is 5.41 Å². The molecule has 2 nitrogen and oxygen atoms in total. The summed E-state index contributed by atoms with van der Waals surface area (Å²) in [4.78, 5) is 10.8. The number of halogens is 1. The van der Waals surface area contributed by atoms with Crippen LogP contribution < -0.4 is 0 Å². The lowest BCUT2D eigenvalue weighted by Crippen LogP contribution is -2.11. The van der Waals surface area contributed by atoms with Crippen LogP contribution in [0.15, 0.2) is 28.7 Å². The summed E-state index contributed by atoms with van der Waals surface area (Å²) in [7, 11) is 0. The minimum Gasteiger partial charge on any atom is -0.301 e. The van der Waals surface area contributed by atoms with Crippen molar-refractivity contribution >= 4 is 27.4 Å². The largest absolute Gasteiger partial charge is 0.301 e. The van der Waals surface area contributed by atoms with Crippen LogP contribution in [0.4, 0.5) is 0 Å². The molecule has 1 N–H and O–H groups in total. The fourth-order valence-corrected chi connectivity index (χ4v) is 1.20. The van der Waals surface area contributed by atoms with Crippen LogP contribution in [0.2, 0.25) is 0 Å². The maximum Gasteiger partial charge on any atom is 0.173 e. The van der Waals surface area contributed by atoms with Crippen molar-refractivity contribution in [2.45, 2.75) is 13.3 Å². The highest BCUT2D eigenvalue weighted by Crippen LogP contribution is 2.11. The summed E-state index contributed by atoms with van der Waals surface area (Å²) in [6, 6.07) is 7.62. The standard InChI is InChI=1S/C10H10BrNO/c1-7(13)10(12)6-8-2-4-9(11)5-3-8/h2-5,12H,6H2,1H3. The third kappa shape index (κ3) is 3.11. The molecule has 0 bridgehead atoms. The highest BCUT2D eigenvalue weighted by molar-refractivity contribution is 9.10. The van der Waals surface area contributed by atoms with Crippen LogP contribution in [-0.2, 0) is 11.2 Å². The van der Waals surface area contributed by atoms with Crippen molar-refractivity contribution in [2.75, 3.05) is 0 Å². The van der Waals surface area contributed by atoms with Gasteiger partial charge in [0.15, 0.2) is 5.78 Å². The molecule has 1 aromatic carbocycles. The number of nitrogens with one attached hydrogen (secondary N) is 1. The van der Waals surface area contributed by atoms with Crippen LogP contribution in [0.5, 0.6) is 0 Å². The number of Topliss-reactive ketones (excluding diaryl/α,β-unsaturated/α-hetero) is 1. The summed E-state index contributed by atoms with van der Waals surface area (Å²) >= 11 is 3.32. The van der Waals surface area contributed by atoms with Crippen molar-refractivity contribution in [2.24, 2.45) is 0 Å². The highest BCUT2D eigenvalue weighted by atomic mass is 79.9. The SMILES string of the molecule is CC(=O)C(=N)Cc1ccc(Br)cc1. The van der Waals surface area contributed by atoms with Gasteiger partial charge in [-0.3, -0.25) is 4.79 Å². The van der Waals surface area contributed by atoms with Crippen molar-refractivity contribution in [3.8, 4) is 0 Å². The molecule has 0 fully saturated rings. The third-order valence-corrected chi connectivity index (χ3v) is 2.25. The van der Waals surface area contributed by atoms with E-state index in [-0.39, 0.29) is 11.5 Å². The smallest absolute Gasteiger partial charge is 0.173 e. The van der Waals surface area contributed by atoms with Gasteiger partial charge in [-0.15, -0.1) is 0 Å². The molecule has 0 aromatic heterocycles. The van der Waals surface area contributed by atoms with E-state index in [1.807, 2.05) is 24.3 Å². The van der Waals surface area contributed by atoms with Gasteiger partial charge in [0.1, 0.15) is 0 Å². The maximum atomic E-state index is 10.8. The van der Waals surface area contributed by atoms with Crippen molar-refractivity contribution < 1.29 is 4.79 Å². The summed E-state index contributed by atoms with van der Waals surface area (Å²) < 4.78 is 1.01. The van der Waals surface area contributed by atoms with Crippen LogP contribution in [0, 0.1) is 5.41 Å². The van der Waals surface area contributed by atoms with Gasteiger partial charge in [0.05, 0.1) is 5.71 Å². The molecule has 0 heterocycles. The number of hydrogen-bond acceptors (Lipinski definition) is 2. The van der Waals surface area contributed by atoms with Crippen LogP contribution in [0.1, 0.15) is 12.5 Å². The Labute approximate surface area is 85.6 Å². The van der Waals surface area contributed by atoms with Gasteiger partial charge < -0.3 is 5.41 Å². The van der Waals surface area contributed by atoms with Gasteiger partial charge in [-0.05, 0) is 17.7 Å². The number of ketones is 1. The van der Waals surface area contributed by atoms with Gasteiger partial charge in [0, 0.05) is 17.8 Å². The average molecular weight is 240 g/mol. The molecule has 3 heteroatoms. The summed E-state index contributed by atoms with van der Waals surface area (Å²) in [5.41, 5.74) is 1.14. The topological polar surface area (TPSA) is 40.9 Å². The van der Waals surface area contributed by atoms with E-state index in [1.54, 1.807) is 0 Å².